The normalized spacial score (nSPS) is 11.5. The fourth-order valence-electron chi connectivity index (χ4n) is 4.64. The Labute approximate surface area is 199 Å². The zero-order chi connectivity index (χ0) is 24.4. The molecule has 3 aromatic rings. The topological polar surface area (TPSA) is 96.2 Å². The van der Waals surface area contributed by atoms with E-state index in [1.807, 2.05) is 33.0 Å². The molecule has 2 aromatic heterocycles. The predicted molar refractivity (Wildman–Crippen MR) is 135 cm³/mol. The van der Waals surface area contributed by atoms with Gasteiger partial charge in [-0.2, -0.15) is 0 Å². The number of carbonyl (C=O) groups excluding carboxylic acids is 1. The Hall–Kier alpha value is -2.61. The van der Waals surface area contributed by atoms with Gasteiger partial charge in [0.2, 0.25) is 0 Å². The average molecular weight is 472 g/mol. The molecule has 0 fully saturated rings. The molecule has 0 radical (unpaired) electrons. The van der Waals surface area contributed by atoms with Gasteiger partial charge in [-0.05, 0) is 70.5 Å². The lowest BCUT2D eigenvalue weighted by molar-refractivity contribution is 0.0744. The van der Waals surface area contributed by atoms with Crippen molar-refractivity contribution in [2.24, 2.45) is 5.84 Å². The summed E-state index contributed by atoms with van der Waals surface area (Å²) >= 11 is 6.46. The molecule has 8 heteroatoms. The van der Waals surface area contributed by atoms with Gasteiger partial charge in [0.25, 0.3) is 11.5 Å². The van der Waals surface area contributed by atoms with Crippen LogP contribution in [-0.4, -0.2) is 27.5 Å². The van der Waals surface area contributed by atoms with Crippen LogP contribution in [-0.2, 0) is 19.5 Å². The number of nitrogens with two attached hydrogens (primary N) is 1. The van der Waals surface area contributed by atoms with E-state index in [0.29, 0.717) is 22.7 Å². The quantitative estimate of drug-likeness (QED) is 0.258. The van der Waals surface area contributed by atoms with Gasteiger partial charge in [-0.1, -0.05) is 24.9 Å². The number of pyridine rings is 1. The number of hydrazine groups is 1. The molecule has 7 nitrogen and oxygen atoms in total. The number of amides is 1. The van der Waals surface area contributed by atoms with Crippen LogP contribution in [0.5, 0.6) is 0 Å². The van der Waals surface area contributed by atoms with E-state index in [-0.39, 0.29) is 24.1 Å². The number of nitrogens with zero attached hydrogens (tertiary/aromatic N) is 2. The van der Waals surface area contributed by atoms with Crippen LogP contribution in [0.25, 0.3) is 10.9 Å². The molecule has 0 aliphatic carbocycles. The van der Waals surface area contributed by atoms with Crippen molar-refractivity contribution in [3.8, 4) is 0 Å². The predicted octanol–water partition coefficient (Wildman–Crippen LogP) is 4.37. The molecule has 33 heavy (non-hydrogen) atoms. The zero-order valence-electron chi connectivity index (χ0n) is 20.3. The summed E-state index contributed by atoms with van der Waals surface area (Å²) < 4.78 is 2.20. The lowest BCUT2D eigenvalue weighted by atomic mass is 10.0. The molecule has 1 amide bonds. The minimum atomic E-state index is -0.370. The second kappa shape index (κ2) is 10.1. The smallest absolute Gasteiger partial charge is 0.268 e. The minimum Gasteiger partial charge on any atom is -0.340 e. The van der Waals surface area contributed by atoms with Crippen LogP contribution < -0.4 is 16.7 Å². The van der Waals surface area contributed by atoms with Crippen molar-refractivity contribution < 1.29 is 4.79 Å². The number of aromatic nitrogens is 2. The maximum absolute atomic E-state index is 13.6. The second-order valence-corrected chi connectivity index (χ2v) is 9.32. The molecule has 2 heterocycles. The number of aromatic amines is 1. The fraction of sp³-hybridized carbons (Fsp3) is 0.440. The van der Waals surface area contributed by atoms with Gasteiger partial charge in [-0.25, -0.2) is 5.84 Å². The Balaban J connectivity index is 2.11. The van der Waals surface area contributed by atoms with Gasteiger partial charge >= 0.3 is 0 Å². The standard InChI is InChI=1S/C25H34ClN5O2/c1-7-8-17-9-15(4)29-24(32)20(17)13-30(27)25(33)19-10-18(26)11-21-23(19)16(5)22(12-28-6)31(21)14(2)3/h9-11,14,28H,7-8,12-13,27H2,1-6H3,(H,29,32). The van der Waals surface area contributed by atoms with E-state index in [9.17, 15) is 9.59 Å². The average Bonchev–Trinajstić information content (AvgIpc) is 3.01. The highest BCUT2D eigenvalue weighted by atomic mass is 35.5. The largest absolute Gasteiger partial charge is 0.340 e. The number of halogens is 1. The minimum absolute atomic E-state index is 0.0189. The molecule has 0 unspecified atom stereocenters. The van der Waals surface area contributed by atoms with E-state index >= 15 is 0 Å². The maximum atomic E-state index is 13.6. The van der Waals surface area contributed by atoms with Gasteiger partial charge in [0.1, 0.15) is 0 Å². The molecule has 178 valence electrons. The van der Waals surface area contributed by atoms with Gasteiger partial charge in [0.15, 0.2) is 0 Å². The number of rotatable bonds is 8. The van der Waals surface area contributed by atoms with Gasteiger partial charge in [0, 0.05) is 39.9 Å². The lowest BCUT2D eigenvalue weighted by Crippen LogP contribution is -2.39. The van der Waals surface area contributed by atoms with Crippen molar-refractivity contribution >= 4 is 28.4 Å². The monoisotopic (exact) mass is 471 g/mol. The number of H-pyrrole nitrogens is 1. The number of hydrogen-bond donors (Lipinski definition) is 3. The molecule has 0 spiro atoms. The van der Waals surface area contributed by atoms with E-state index < -0.39 is 0 Å². The van der Waals surface area contributed by atoms with Crippen LogP contribution in [0.1, 0.15) is 71.7 Å². The summed E-state index contributed by atoms with van der Waals surface area (Å²) in [4.78, 5) is 29.1. The number of nitrogens with one attached hydrogen (secondary N) is 2. The van der Waals surface area contributed by atoms with Crippen LogP contribution >= 0.6 is 11.6 Å². The van der Waals surface area contributed by atoms with Crippen molar-refractivity contribution in [1.82, 2.24) is 19.9 Å². The van der Waals surface area contributed by atoms with Crippen molar-refractivity contribution in [3.05, 3.63) is 67.2 Å². The van der Waals surface area contributed by atoms with Crippen molar-refractivity contribution in [2.45, 2.75) is 66.6 Å². The first kappa shape index (κ1) is 25.0. The molecular weight excluding hydrogens is 438 g/mol. The van der Waals surface area contributed by atoms with Crippen molar-refractivity contribution in [2.75, 3.05) is 7.05 Å². The Morgan fingerprint density at radius 1 is 1.27 bits per heavy atom. The third-order valence-electron chi connectivity index (χ3n) is 6.00. The fourth-order valence-corrected chi connectivity index (χ4v) is 4.85. The summed E-state index contributed by atoms with van der Waals surface area (Å²) in [6.07, 6.45) is 1.63. The summed E-state index contributed by atoms with van der Waals surface area (Å²) in [6.45, 7) is 10.8. The number of hydrogen-bond acceptors (Lipinski definition) is 4. The Morgan fingerprint density at radius 2 is 1.97 bits per heavy atom. The van der Waals surface area contributed by atoms with Gasteiger partial charge in [-0.15, -0.1) is 0 Å². The zero-order valence-corrected chi connectivity index (χ0v) is 21.1. The Bertz CT molecular complexity index is 1240. The highest BCUT2D eigenvalue weighted by Crippen LogP contribution is 2.34. The maximum Gasteiger partial charge on any atom is 0.268 e. The molecule has 1 aromatic carbocycles. The first-order chi connectivity index (χ1) is 15.6. The van der Waals surface area contributed by atoms with Crippen molar-refractivity contribution in [3.63, 3.8) is 0 Å². The number of benzene rings is 1. The van der Waals surface area contributed by atoms with Crippen LogP contribution in [0.2, 0.25) is 5.02 Å². The first-order valence-corrected chi connectivity index (χ1v) is 11.7. The number of aryl methyl sites for hydroxylation is 3. The summed E-state index contributed by atoms with van der Waals surface area (Å²) in [7, 11) is 1.90. The van der Waals surface area contributed by atoms with Crippen LogP contribution in [0.4, 0.5) is 0 Å². The first-order valence-electron chi connectivity index (χ1n) is 11.4. The third-order valence-corrected chi connectivity index (χ3v) is 6.22. The SMILES string of the molecule is CCCc1cc(C)[nH]c(=O)c1CN(N)C(=O)c1cc(Cl)cc2c1c(C)c(CNC)n2C(C)C. The molecule has 0 saturated heterocycles. The van der Waals surface area contributed by atoms with Crippen molar-refractivity contribution in [1.29, 1.82) is 0 Å². The summed E-state index contributed by atoms with van der Waals surface area (Å²) in [6, 6.07) is 5.69. The summed E-state index contributed by atoms with van der Waals surface area (Å²) in [5.41, 5.74) is 5.47. The second-order valence-electron chi connectivity index (χ2n) is 8.88. The molecular formula is C25H34ClN5O2. The van der Waals surface area contributed by atoms with E-state index in [4.69, 9.17) is 17.4 Å². The van der Waals surface area contributed by atoms with Crippen LogP contribution in [0.15, 0.2) is 23.0 Å². The molecule has 0 aliphatic heterocycles. The molecule has 0 saturated carbocycles. The summed E-state index contributed by atoms with van der Waals surface area (Å²) in [5.74, 6) is 5.91. The molecule has 4 N–H and O–H groups in total. The molecule has 0 aliphatic rings. The van der Waals surface area contributed by atoms with Gasteiger partial charge in [-0.3, -0.25) is 14.6 Å². The molecule has 0 atom stereocenters. The third kappa shape index (κ3) is 4.86. The Kier molecular flexibility index (Phi) is 7.67. The highest BCUT2D eigenvalue weighted by Gasteiger charge is 2.25. The number of carbonyl (C=O) groups is 1. The summed E-state index contributed by atoms with van der Waals surface area (Å²) in [5, 5.41) is 5.64. The number of fused-ring (bicyclic) bond motifs is 1. The van der Waals surface area contributed by atoms with Gasteiger partial charge < -0.3 is 14.9 Å². The van der Waals surface area contributed by atoms with Gasteiger partial charge in [0.05, 0.1) is 17.6 Å². The molecule has 0 bridgehead atoms. The molecule has 3 rings (SSSR count). The van der Waals surface area contributed by atoms with E-state index in [1.165, 1.54) is 0 Å². The van der Waals surface area contributed by atoms with Crippen LogP contribution in [0.3, 0.4) is 0 Å². The van der Waals surface area contributed by atoms with E-state index in [1.54, 1.807) is 6.07 Å². The van der Waals surface area contributed by atoms with E-state index in [2.05, 4.69) is 35.6 Å². The lowest BCUT2D eigenvalue weighted by Gasteiger charge is -2.20. The van der Waals surface area contributed by atoms with Crippen LogP contribution in [0, 0.1) is 13.8 Å². The Morgan fingerprint density at radius 3 is 2.58 bits per heavy atom. The highest BCUT2D eigenvalue weighted by molar-refractivity contribution is 6.32. The van der Waals surface area contributed by atoms with E-state index in [0.717, 1.165) is 51.3 Å².